The number of alkyl halides is 3. The van der Waals surface area contributed by atoms with Crippen molar-refractivity contribution in [2.24, 2.45) is 0 Å². The number of hydrogen-bond acceptors (Lipinski definition) is 5. The maximum atomic E-state index is 12.7. The zero-order valence-corrected chi connectivity index (χ0v) is 15.0. The predicted octanol–water partition coefficient (Wildman–Crippen LogP) is 2.61. The summed E-state index contributed by atoms with van der Waals surface area (Å²) in [5, 5.41) is 14.6. The van der Waals surface area contributed by atoms with E-state index in [4.69, 9.17) is 9.47 Å². The number of aliphatic hydroxyl groups is 1. The summed E-state index contributed by atoms with van der Waals surface area (Å²) in [6.45, 7) is 0.0797. The number of hydrogen-bond donors (Lipinski definition) is 3. The summed E-state index contributed by atoms with van der Waals surface area (Å²) < 4.78 is 48.5. The maximum absolute atomic E-state index is 12.7. The Hall–Kier alpha value is -3.27. The summed E-state index contributed by atoms with van der Waals surface area (Å²) in [4.78, 5) is 23.7. The van der Waals surface area contributed by atoms with Gasteiger partial charge in [0.05, 0.1) is 11.7 Å². The number of aliphatic hydroxyl groups excluding tert-OH is 1. The molecule has 0 unspecified atom stereocenters. The van der Waals surface area contributed by atoms with Gasteiger partial charge in [0.25, 0.3) is 0 Å². The fourth-order valence-corrected chi connectivity index (χ4v) is 2.65. The first-order chi connectivity index (χ1) is 13.7. The molecule has 0 bridgehead atoms. The molecule has 0 spiro atoms. The van der Waals surface area contributed by atoms with E-state index in [1.54, 1.807) is 18.2 Å². The van der Waals surface area contributed by atoms with Crippen molar-refractivity contribution < 1.29 is 37.3 Å². The van der Waals surface area contributed by atoms with Crippen LogP contribution < -0.4 is 20.1 Å². The van der Waals surface area contributed by atoms with Gasteiger partial charge in [-0.25, -0.2) is 0 Å². The van der Waals surface area contributed by atoms with Gasteiger partial charge < -0.3 is 25.2 Å². The molecule has 1 heterocycles. The molecule has 0 saturated carbocycles. The SMILES string of the molecule is O=C(NCC[C@H](O)c1ccc2c(c1)OCO2)C(=O)Nc1cccc(C(F)(F)F)c1. The van der Waals surface area contributed by atoms with E-state index >= 15 is 0 Å². The molecule has 7 nitrogen and oxygen atoms in total. The zero-order chi connectivity index (χ0) is 21.0. The summed E-state index contributed by atoms with van der Waals surface area (Å²) >= 11 is 0. The van der Waals surface area contributed by atoms with E-state index in [0.29, 0.717) is 17.1 Å². The van der Waals surface area contributed by atoms with E-state index < -0.39 is 29.7 Å². The Morgan fingerprint density at radius 2 is 1.83 bits per heavy atom. The number of anilines is 1. The lowest BCUT2D eigenvalue weighted by Crippen LogP contribution is -2.36. The number of halogens is 3. The monoisotopic (exact) mass is 410 g/mol. The number of nitrogens with one attached hydrogen (secondary N) is 2. The minimum absolute atomic E-state index is 0.0234. The summed E-state index contributed by atoms with van der Waals surface area (Å²) in [7, 11) is 0. The van der Waals surface area contributed by atoms with Crippen LogP contribution in [0.5, 0.6) is 11.5 Å². The molecule has 10 heteroatoms. The van der Waals surface area contributed by atoms with E-state index in [-0.39, 0.29) is 25.4 Å². The van der Waals surface area contributed by atoms with Crippen molar-refractivity contribution in [2.75, 3.05) is 18.7 Å². The standard InChI is InChI=1S/C19H17F3N2O5/c20-19(21,22)12-2-1-3-13(9-12)24-18(27)17(26)23-7-6-14(25)11-4-5-15-16(8-11)29-10-28-15/h1-5,8-9,14,25H,6-7,10H2,(H,23,26)(H,24,27)/t14-/m0/s1. The van der Waals surface area contributed by atoms with Gasteiger partial charge in [-0.15, -0.1) is 0 Å². The Morgan fingerprint density at radius 1 is 1.07 bits per heavy atom. The minimum Gasteiger partial charge on any atom is -0.454 e. The van der Waals surface area contributed by atoms with E-state index in [1.165, 1.54) is 6.07 Å². The summed E-state index contributed by atoms with van der Waals surface area (Å²) in [5.41, 5.74) is -0.542. The van der Waals surface area contributed by atoms with Crippen molar-refractivity contribution >= 4 is 17.5 Å². The van der Waals surface area contributed by atoms with Crippen molar-refractivity contribution in [1.82, 2.24) is 5.32 Å². The van der Waals surface area contributed by atoms with Crippen LogP contribution in [0.25, 0.3) is 0 Å². The Balaban J connectivity index is 1.48. The van der Waals surface area contributed by atoms with Crippen molar-refractivity contribution in [2.45, 2.75) is 18.7 Å². The zero-order valence-electron chi connectivity index (χ0n) is 15.0. The Morgan fingerprint density at radius 3 is 2.59 bits per heavy atom. The molecule has 0 fully saturated rings. The van der Waals surface area contributed by atoms with Gasteiger partial charge in [-0.2, -0.15) is 13.2 Å². The number of amides is 2. The quantitative estimate of drug-likeness (QED) is 0.659. The lowest BCUT2D eigenvalue weighted by atomic mass is 10.1. The van der Waals surface area contributed by atoms with Crippen LogP contribution in [0.1, 0.15) is 23.7 Å². The van der Waals surface area contributed by atoms with E-state index in [9.17, 15) is 27.9 Å². The van der Waals surface area contributed by atoms with Gasteiger partial charge in [0.2, 0.25) is 6.79 Å². The van der Waals surface area contributed by atoms with Crippen molar-refractivity contribution in [3.8, 4) is 11.5 Å². The molecule has 0 radical (unpaired) electrons. The highest BCUT2D eigenvalue weighted by Crippen LogP contribution is 2.34. The van der Waals surface area contributed by atoms with E-state index in [2.05, 4.69) is 10.6 Å². The molecule has 3 N–H and O–H groups in total. The minimum atomic E-state index is -4.56. The third-order valence-electron chi connectivity index (χ3n) is 4.14. The lowest BCUT2D eigenvalue weighted by Gasteiger charge is -2.13. The molecule has 1 aliphatic heterocycles. The van der Waals surface area contributed by atoms with Crippen LogP contribution in [0.3, 0.4) is 0 Å². The van der Waals surface area contributed by atoms with Gasteiger partial charge in [-0.1, -0.05) is 12.1 Å². The molecule has 154 valence electrons. The normalized spacial score (nSPS) is 13.7. The lowest BCUT2D eigenvalue weighted by molar-refractivity contribution is -0.137. The molecule has 3 rings (SSSR count). The smallest absolute Gasteiger partial charge is 0.416 e. The summed E-state index contributed by atoms with van der Waals surface area (Å²) in [6.07, 6.45) is -5.37. The highest BCUT2D eigenvalue weighted by Gasteiger charge is 2.30. The second-order valence-corrected chi connectivity index (χ2v) is 6.21. The maximum Gasteiger partial charge on any atom is 0.416 e. The Bertz CT molecular complexity index is 917. The first kappa shape index (κ1) is 20.5. The average molecular weight is 410 g/mol. The molecule has 1 aliphatic rings. The Labute approximate surface area is 163 Å². The van der Waals surface area contributed by atoms with E-state index in [0.717, 1.165) is 18.2 Å². The largest absolute Gasteiger partial charge is 0.454 e. The van der Waals surface area contributed by atoms with Crippen LogP contribution in [0.15, 0.2) is 42.5 Å². The van der Waals surface area contributed by atoms with Crippen molar-refractivity contribution in [3.05, 3.63) is 53.6 Å². The molecule has 2 aromatic rings. The van der Waals surface area contributed by atoms with Crippen LogP contribution in [-0.4, -0.2) is 30.3 Å². The molecule has 0 aromatic heterocycles. The number of fused-ring (bicyclic) bond motifs is 1. The average Bonchev–Trinajstić information content (AvgIpc) is 3.15. The topological polar surface area (TPSA) is 96.9 Å². The van der Waals surface area contributed by atoms with E-state index in [1.807, 2.05) is 0 Å². The molecule has 0 aliphatic carbocycles. The van der Waals surface area contributed by atoms with Gasteiger partial charge in [0, 0.05) is 12.2 Å². The number of carbonyl (C=O) groups excluding carboxylic acids is 2. The fourth-order valence-electron chi connectivity index (χ4n) is 2.65. The fraction of sp³-hybridized carbons (Fsp3) is 0.263. The van der Waals surface area contributed by atoms with Gasteiger partial charge in [0.1, 0.15) is 0 Å². The molecule has 2 amide bonds. The van der Waals surface area contributed by atoms with Gasteiger partial charge in [0.15, 0.2) is 11.5 Å². The second kappa shape index (κ2) is 8.39. The molecule has 29 heavy (non-hydrogen) atoms. The van der Waals surface area contributed by atoms with Crippen LogP contribution in [0.4, 0.5) is 18.9 Å². The predicted molar refractivity (Wildman–Crippen MR) is 95.2 cm³/mol. The third-order valence-corrected chi connectivity index (χ3v) is 4.14. The van der Waals surface area contributed by atoms with Gasteiger partial charge in [-0.05, 0) is 42.3 Å². The highest BCUT2D eigenvalue weighted by atomic mass is 19.4. The number of carbonyl (C=O) groups is 2. The molecular weight excluding hydrogens is 393 g/mol. The van der Waals surface area contributed by atoms with Gasteiger partial charge in [-0.3, -0.25) is 9.59 Å². The van der Waals surface area contributed by atoms with Crippen LogP contribution in [0, 0.1) is 0 Å². The first-order valence-electron chi connectivity index (χ1n) is 8.58. The first-order valence-corrected chi connectivity index (χ1v) is 8.58. The number of rotatable bonds is 5. The van der Waals surface area contributed by atoms with Crippen molar-refractivity contribution in [3.63, 3.8) is 0 Å². The third kappa shape index (κ3) is 5.17. The molecule has 1 atom stereocenters. The molecule has 2 aromatic carbocycles. The highest BCUT2D eigenvalue weighted by molar-refractivity contribution is 6.39. The second-order valence-electron chi connectivity index (χ2n) is 6.21. The number of ether oxygens (including phenoxy) is 2. The molecular formula is C19H17F3N2O5. The summed E-state index contributed by atoms with van der Waals surface area (Å²) in [6, 6.07) is 8.88. The van der Waals surface area contributed by atoms with Crippen LogP contribution in [0.2, 0.25) is 0 Å². The van der Waals surface area contributed by atoms with Crippen LogP contribution >= 0.6 is 0 Å². The van der Waals surface area contributed by atoms with Crippen molar-refractivity contribution in [1.29, 1.82) is 0 Å². The summed E-state index contributed by atoms with van der Waals surface area (Å²) in [5.74, 6) is -1.06. The van der Waals surface area contributed by atoms with Gasteiger partial charge >= 0.3 is 18.0 Å². The van der Waals surface area contributed by atoms with Crippen LogP contribution in [-0.2, 0) is 15.8 Å². The Kier molecular flexibility index (Phi) is 5.92. The number of benzene rings is 2. The molecule has 0 saturated heterocycles.